The van der Waals surface area contributed by atoms with Crippen LogP contribution in [0.15, 0.2) is 66.5 Å². The molecule has 2 aliphatic rings. The van der Waals surface area contributed by atoms with Crippen molar-refractivity contribution in [2.75, 3.05) is 52.4 Å². The number of aldehydes is 1. The van der Waals surface area contributed by atoms with Gasteiger partial charge in [-0.1, -0.05) is 80.8 Å². The molecule has 0 spiro atoms. The lowest BCUT2D eigenvalue weighted by Crippen LogP contribution is -2.50. The minimum Gasteiger partial charge on any atom is -0.388 e. The zero-order chi connectivity index (χ0) is 31.4. The van der Waals surface area contributed by atoms with E-state index in [0.717, 1.165) is 97.5 Å². The first-order chi connectivity index (χ1) is 21.5. The van der Waals surface area contributed by atoms with E-state index in [2.05, 4.69) is 65.2 Å². The Morgan fingerprint density at radius 1 is 0.977 bits per heavy atom. The third-order valence-corrected chi connectivity index (χ3v) is 9.22. The largest absolute Gasteiger partial charge is 0.388 e. The highest BCUT2D eigenvalue weighted by atomic mass is 16.5. The highest BCUT2D eigenvalue weighted by molar-refractivity contribution is 5.80. The number of aromatic nitrogens is 2. The number of nitrogens with zero attached hydrogens (tertiary/aromatic N) is 3. The fourth-order valence-electron chi connectivity index (χ4n) is 6.68. The average Bonchev–Trinajstić information content (AvgIpc) is 3.08. The molecule has 3 heterocycles. The monoisotopic (exact) mass is 598 g/mol. The van der Waals surface area contributed by atoms with E-state index >= 15 is 0 Å². The number of carbonyl (C=O) groups excluding carboxylic acids is 1. The lowest BCUT2D eigenvalue weighted by Gasteiger charge is -2.46. The smallest absolute Gasteiger partial charge is 0.159 e. The zero-order valence-electron chi connectivity index (χ0n) is 27.3. The van der Waals surface area contributed by atoms with Gasteiger partial charge in [0.05, 0.1) is 23.7 Å². The highest BCUT2D eigenvalue weighted by Gasteiger charge is 2.40. The Bertz CT molecular complexity index is 1350. The summed E-state index contributed by atoms with van der Waals surface area (Å²) < 4.78 is 10.4. The number of benzene rings is 2. The van der Waals surface area contributed by atoms with Gasteiger partial charge in [0.15, 0.2) is 5.82 Å². The van der Waals surface area contributed by atoms with Gasteiger partial charge in [0.25, 0.3) is 0 Å². The van der Waals surface area contributed by atoms with Gasteiger partial charge in [-0.15, -0.1) is 0 Å². The van der Waals surface area contributed by atoms with Crippen LogP contribution in [0.4, 0.5) is 5.69 Å². The van der Waals surface area contributed by atoms with Gasteiger partial charge in [0, 0.05) is 52.1 Å². The molecular weight excluding hydrogens is 548 g/mol. The van der Waals surface area contributed by atoms with E-state index < -0.39 is 0 Å². The Balaban J connectivity index is 0.00000141. The van der Waals surface area contributed by atoms with Gasteiger partial charge in [0.1, 0.15) is 6.29 Å². The van der Waals surface area contributed by atoms with Crippen LogP contribution in [-0.4, -0.2) is 69.4 Å². The average molecular weight is 599 g/mol. The quantitative estimate of drug-likeness (QED) is 0.185. The molecule has 1 fully saturated rings. The molecule has 7 nitrogen and oxygen atoms in total. The Morgan fingerprint density at radius 2 is 1.64 bits per heavy atom. The van der Waals surface area contributed by atoms with Gasteiger partial charge >= 0.3 is 0 Å². The number of nitrogens with one attached hydrogen (secondary N) is 1. The fourth-order valence-corrected chi connectivity index (χ4v) is 6.68. The molecule has 1 atom stereocenters. The van der Waals surface area contributed by atoms with E-state index in [-0.39, 0.29) is 5.60 Å². The number of rotatable bonds is 11. The molecule has 236 valence electrons. The predicted octanol–water partition coefficient (Wildman–Crippen LogP) is 7.16. The number of hydrogen-bond acceptors (Lipinski definition) is 7. The lowest BCUT2D eigenvalue weighted by molar-refractivity contribution is -0.0794. The van der Waals surface area contributed by atoms with Crippen molar-refractivity contribution in [2.24, 2.45) is 5.92 Å². The lowest BCUT2D eigenvalue weighted by atomic mass is 9.75. The molecule has 0 aliphatic carbocycles. The molecule has 0 amide bonds. The van der Waals surface area contributed by atoms with Crippen molar-refractivity contribution < 1.29 is 14.3 Å². The van der Waals surface area contributed by atoms with Gasteiger partial charge in [-0.3, -0.25) is 4.79 Å². The summed E-state index contributed by atoms with van der Waals surface area (Å²) in [5.74, 6) is 1.34. The number of piperidine rings is 1. The van der Waals surface area contributed by atoms with Gasteiger partial charge in [-0.2, -0.15) is 0 Å². The topological polar surface area (TPSA) is 76.6 Å². The molecule has 1 saturated heterocycles. The summed E-state index contributed by atoms with van der Waals surface area (Å²) in [6, 6.07) is 14.5. The molecule has 5 rings (SSSR count). The van der Waals surface area contributed by atoms with Crippen molar-refractivity contribution in [3.63, 3.8) is 0 Å². The number of carbonyl (C=O) groups is 1. The van der Waals surface area contributed by atoms with Crippen LogP contribution in [0.3, 0.4) is 0 Å². The van der Waals surface area contributed by atoms with E-state index in [0.29, 0.717) is 5.92 Å². The van der Waals surface area contributed by atoms with Crippen molar-refractivity contribution in [1.29, 1.82) is 0 Å². The van der Waals surface area contributed by atoms with E-state index in [1.807, 2.05) is 31.6 Å². The fraction of sp³-hybridized carbons (Fsp3) is 0.486. The normalized spacial score (nSPS) is 16.8. The van der Waals surface area contributed by atoms with E-state index in [9.17, 15) is 4.79 Å². The molecule has 1 aromatic heterocycles. The first-order valence-corrected chi connectivity index (χ1v) is 16.1. The standard InChI is InChI=1S/C35H44N4O2.C2H6O/c1-4-6-32(5-2)35(41-3)15-19-39(20-16-35)33-23-37-34(38-24-33)28-9-7-27(8-10-28)29-11-12-30(25-40)31(22-29)21-26-13-17-36-18-14-26;1-3-2/h7-13,22-25,32,36H,4-6,14-21H2,1-3H3;1-2H3. The second kappa shape index (κ2) is 16.6. The third-order valence-electron chi connectivity index (χ3n) is 9.22. The molecule has 3 aromatic rings. The zero-order valence-corrected chi connectivity index (χ0v) is 27.3. The van der Waals surface area contributed by atoms with Crippen molar-refractivity contribution in [3.05, 3.63) is 77.6 Å². The summed E-state index contributed by atoms with van der Waals surface area (Å²) >= 11 is 0. The van der Waals surface area contributed by atoms with Gasteiger partial charge < -0.3 is 19.7 Å². The van der Waals surface area contributed by atoms with Crippen LogP contribution in [0, 0.1) is 5.92 Å². The van der Waals surface area contributed by atoms with Gasteiger partial charge in [-0.25, -0.2) is 9.97 Å². The van der Waals surface area contributed by atoms with Crippen LogP contribution >= 0.6 is 0 Å². The maximum absolute atomic E-state index is 11.7. The predicted molar refractivity (Wildman–Crippen MR) is 180 cm³/mol. The molecule has 7 heteroatoms. The molecule has 1 unspecified atom stereocenters. The van der Waals surface area contributed by atoms with E-state index in [4.69, 9.17) is 14.7 Å². The Morgan fingerprint density at radius 3 is 2.20 bits per heavy atom. The summed E-state index contributed by atoms with van der Waals surface area (Å²) in [5, 5.41) is 3.36. The SMILES string of the molecule is CCCC(CC)C1(OC)CCN(c2cnc(-c3ccc(-c4ccc(C=O)c(CC5=CCNCC5)c4)cc3)nc2)CC1.COC. The van der Waals surface area contributed by atoms with Crippen molar-refractivity contribution in [2.45, 2.75) is 64.4 Å². The molecule has 0 bridgehead atoms. The van der Waals surface area contributed by atoms with Gasteiger partial charge in [-0.05, 0) is 61.3 Å². The first kappa shape index (κ1) is 33.5. The number of hydrogen-bond donors (Lipinski definition) is 1. The van der Waals surface area contributed by atoms with Crippen LogP contribution in [0.1, 0.15) is 68.3 Å². The molecular formula is C37H50N4O3. The Kier molecular flexibility index (Phi) is 12.7. The van der Waals surface area contributed by atoms with Crippen LogP contribution in [0.2, 0.25) is 0 Å². The Hall–Kier alpha value is -3.39. The first-order valence-electron chi connectivity index (χ1n) is 16.1. The van der Waals surface area contributed by atoms with Crippen molar-refractivity contribution in [3.8, 4) is 22.5 Å². The number of anilines is 1. The van der Waals surface area contributed by atoms with Crippen molar-refractivity contribution in [1.82, 2.24) is 15.3 Å². The molecule has 0 radical (unpaired) electrons. The molecule has 2 aliphatic heterocycles. The maximum atomic E-state index is 11.7. The minimum absolute atomic E-state index is 0.0111. The van der Waals surface area contributed by atoms with Gasteiger partial charge in [0.2, 0.25) is 0 Å². The Labute approximate surface area is 264 Å². The van der Waals surface area contributed by atoms with Crippen LogP contribution in [0.25, 0.3) is 22.5 Å². The maximum Gasteiger partial charge on any atom is 0.159 e. The summed E-state index contributed by atoms with van der Waals surface area (Å²) in [7, 11) is 5.14. The van der Waals surface area contributed by atoms with E-state index in [1.54, 1.807) is 14.2 Å². The second-order valence-corrected chi connectivity index (χ2v) is 11.9. The van der Waals surface area contributed by atoms with Crippen LogP contribution < -0.4 is 10.2 Å². The summed E-state index contributed by atoms with van der Waals surface area (Å²) in [4.78, 5) is 23.5. The summed E-state index contributed by atoms with van der Waals surface area (Å²) in [6.07, 6.45) is 14.7. The third kappa shape index (κ3) is 8.20. The minimum atomic E-state index is -0.0111. The van der Waals surface area contributed by atoms with Crippen LogP contribution in [-0.2, 0) is 15.9 Å². The van der Waals surface area contributed by atoms with E-state index in [1.165, 1.54) is 24.8 Å². The number of ether oxygens (including phenoxy) is 2. The highest BCUT2D eigenvalue weighted by Crippen LogP contribution is 2.39. The summed E-state index contributed by atoms with van der Waals surface area (Å²) in [6.45, 7) is 8.39. The number of methoxy groups -OCH3 is 2. The molecule has 44 heavy (non-hydrogen) atoms. The van der Waals surface area contributed by atoms with Crippen molar-refractivity contribution >= 4 is 12.0 Å². The summed E-state index contributed by atoms with van der Waals surface area (Å²) in [5.41, 5.74) is 7.54. The molecule has 1 N–H and O–H groups in total. The second-order valence-electron chi connectivity index (χ2n) is 11.9. The molecule has 2 aromatic carbocycles. The molecule has 0 saturated carbocycles. The van der Waals surface area contributed by atoms with Crippen LogP contribution in [0.5, 0.6) is 0 Å².